The second-order valence-electron chi connectivity index (χ2n) is 6.19. The summed E-state index contributed by atoms with van der Waals surface area (Å²) in [6, 6.07) is 14.2. The summed E-state index contributed by atoms with van der Waals surface area (Å²) in [5.41, 5.74) is 4.99. The van der Waals surface area contributed by atoms with E-state index in [4.69, 9.17) is 0 Å². The fourth-order valence-corrected chi connectivity index (χ4v) is 4.65. The molecule has 0 aromatic heterocycles. The molecule has 0 saturated heterocycles. The van der Waals surface area contributed by atoms with E-state index in [1.807, 2.05) is 43.3 Å². The van der Waals surface area contributed by atoms with Crippen molar-refractivity contribution in [3.63, 3.8) is 0 Å². The molecule has 2 aliphatic carbocycles. The number of benzene rings is 2. The van der Waals surface area contributed by atoms with E-state index in [-0.39, 0.29) is 4.91 Å². The molecule has 0 aliphatic heterocycles. The normalized spacial score (nSPS) is 17.5. The molecule has 0 spiro atoms. The summed E-state index contributed by atoms with van der Waals surface area (Å²) in [4.78, 5) is 0.0292. The molecule has 0 heterocycles. The van der Waals surface area contributed by atoms with Gasteiger partial charge in [-0.2, -0.15) is 8.42 Å². The lowest BCUT2D eigenvalue weighted by Gasteiger charge is -2.08. The van der Waals surface area contributed by atoms with E-state index in [9.17, 15) is 13.0 Å². The largest absolute Gasteiger partial charge is 0.295 e. The van der Waals surface area contributed by atoms with Gasteiger partial charge in [-0.25, -0.2) is 0 Å². The molecule has 4 heteroatoms. The summed E-state index contributed by atoms with van der Waals surface area (Å²) >= 11 is 0. The standard InChI is InChI=1S/C20H16O3S/c1-12-10-17(16-9-5-7-14-6-3-4-8-15(14)16)18-11-13(2)20(19(12)18)24(21,22)23/h3-11H,1-2H3,(H,21,22,23). The van der Waals surface area contributed by atoms with Crippen molar-refractivity contribution >= 4 is 26.5 Å². The molecule has 0 radical (unpaired) electrons. The quantitative estimate of drug-likeness (QED) is 0.812. The second-order valence-corrected chi connectivity index (χ2v) is 7.55. The second kappa shape index (κ2) is 5.03. The van der Waals surface area contributed by atoms with E-state index in [1.165, 1.54) is 0 Å². The van der Waals surface area contributed by atoms with Crippen molar-refractivity contribution in [3.8, 4) is 0 Å². The van der Waals surface area contributed by atoms with Gasteiger partial charge in [-0.1, -0.05) is 48.5 Å². The number of allylic oxidation sites excluding steroid dienone is 7. The highest BCUT2D eigenvalue weighted by Crippen LogP contribution is 2.47. The van der Waals surface area contributed by atoms with Crippen molar-refractivity contribution in [3.05, 3.63) is 87.4 Å². The zero-order valence-corrected chi connectivity index (χ0v) is 14.2. The lowest BCUT2D eigenvalue weighted by atomic mass is 9.96. The smallest absolute Gasteiger partial charge is 0.282 e. The zero-order chi connectivity index (χ0) is 17.1. The molecule has 2 aromatic carbocycles. The van der Waals surface area contributed by atoms with Gasteiger partial charge in [-0.15, -0.1) is 0 Å². The van der Waals surface area contributed by atoms with Gasteiger partial charge in [0, 0.05) is 5.57 Å². The van der Waals surface area contributed by atoms with E-state index >= 15 is 0 Å². The Kier molecular flexibility index (Phi) is 3.17. The lowest BCUT2D eigenvalue weighted by Crippen LogP contribution is -2.04. The van der Waals surface area contributed by atoms with Crippen LogP contribution in [0.25, 0.3) is 16.3 Å². The Hall–Kier alpha value is -2.43. The highest BCUT2D eigenvalue weighted by molar-refractivity contribution is 7.90. The van der Waals surface area contributed by atoms with Gasteiger partial charge in [-0.3, -0.25) is 4.55 Å². The lowest BCUT2D eigenvalue weighted by molar-refractivity contribution is 0.491. The molecule has 0 unspecified atom stereocenters. The Morgan fingerprint density at radius 2 is 1.50 bits per heavy atom. The average molecular weight is 336 g/mol. The predicted octanol–water partition coefficient (Wildman–Crippen LogP) is 4.66. The molecule has 4 rings (SSSR count). The van der Waals surface area contributed by atoms with Gasteiger partial charge in [0.2, 0.25) is 0 Å². The van der Waals surface area contributed by atoms with Crippen LogP contribution in [0.3, 0.4) is 0 Å². The summed E-state index contributed by atoms with van der Waals surface area (Å²) < 4.78 is 33.2. The van der Waals surface area contributed by atoms with Crippen molar-refractivity contribution < 1.29 is 13.0 Å². The molecule has 0 atom stereocenters. The Balaban J connectivity index is 2.06. The van der Waals surface area contributed by atoms with Crippen LogP contribution < -0.4 is 0 Å². The van der Waals surface area contributed by atoms with Crippen molar-refractivity contribution in [2.45, 2.75) is 13.8 Å². The molecule has 1 N–H and O–H groups in total. The van der Waals surface area contributed by atoms with Gasteiger partial charge in [-0.05, 0) is 58.6 Å². The summed E-state index contributed by atoms with van der Waals surface area (Å²) in [6.07, 6.45) is 3.85. The van der Waals surface area contributed by atoms with Gasteiger partial charge < -0.3 is 0 Å². The first-order valence-corrected chi connectivity index (χ1v) is 9.14. The molecule has 2 aromatic rings. The molecule has 0 amide bonds. The van der Waals surface area contributed by atoms with E-state index in [1.54, 1.807) is 6.92 Å². The van der Waals surface area contributed by atoms with Crippen LogP contribution in [0.4, 0.5) is 0 Å². The third-order valence-electron chi connectivity index (χ3n) is 4.60. The van der Waals surface area contributed by atoms with E-state index in [2.05, 4.69) is 18.2 Å². The fourth-order valence-electron chi connectivity index (χ4n) is 3.66. The summed E-state index contributed by atoms with van der Waals surface area (Å²) in [7, 11) is -4.25. The molecular weight excluding hydrogens is 320 g/mol. The number of fused-ring (bicyclic) bond motifs is 2. The van der Waals surface area contributed by atoms with Crippen molar-refractivity contribution in [1.29, 1.82) is 0 Å². The zero-order valence-electron chi connectivity index (χ0n) is 13.4. The summed E-state index contributed by atoms with van der Waals surface area (Å²) in [5, 5.41) is 2.26. The van der Waals surface area contributed by atoms with Crippen LogP contribution in [0.1, 0.15) is 19.4 Å². The Morgan fingerprint density at radius 3 is 2.25 bits per heavy atom. The van der Waals surface area contributed by atoms with Gasteiger partial charge in [0.1, 0.15) is 4.91 Å². The fraction of sp³-hybridized carbons (Fsp3) is 0.100. The monoisotopic (exact) mass is 336 g/mol. The summed E-state index contributed by atoms with van der Waals surface area (Å²) in [5.74, 6) is 0. The van der Waals surface area contributed by atoms with E-state index in [0.717, 1.165) is 33.1 Å². The van der Waals surface area contributed by atoms with Gasteiger partial charge in [0.25, 0.3) is 10.1 Å². The minimum absolute atomic E-state index is 0.0292. The highest BCUT2D eigenvalue weighted by atomic mass is 32.2. The number of hydrogen-bond acceptors (Lipinski definition) is 2. The highest BCUT2D eigenvalue weighted by Gasteiger charge is 2.33. The summed E-state index contributed by atoms with van der Waals surface area (Å²) in [6.45, 7) is 3.60. The topological polar surface area (TPSA) is 54.4 Å². The van der Waals surface area contributed by atoms with Crippen LogP contribution in [0.5, 0.6) is 0 Å². The molecule has 2 aliphatic rings. The Labute approximate surface area is 141 Å². The third-order valence-corrected chi connectivity index (χ3v) is 5.64. The average Bonchev–Trinajstić information content (AvgIpc) is 3.03. The van der Waals surface area contributed by atoms with Crippen LogP contribution in [-0.2, 0) is 10.1 Å². The third kappa shape index (κ3) is 2.11. The van der Waals surface area contributed by atoms with Gasteiger partial charge in [0.05, 0.1) is 0 Å². The van der Waals surface area contributed by atoms with Crippen LogP contribution in [-0.4, -0.2) is 13.0 Å². The van der Waals surface area contributed by atoms with E-state index in [0.29, 0.717) is 11.1 Å². The van der Waals surface area contributed by atoms with Crippen molar-refractivity contribution in [2.24, 2.45) is 0 Å². The maximum Gasteiger partial charge on any atom is 0.295 e. The van der Waals surface area contributed by atoms with Crippen molar-refractivity contribution in [2.75, 3.05) is 0 Å². The first-order chi connectivity index (χ1) is 11.4. The maximum absolute atomic E-state index is 11.8. The molecular formula is C20H16O3S. The van der Waals surface area contributed by atoms with Gasteiger partial charge >= 0.3 is 0 Å². The minimum Gasteiger partial charge on any atom is -0.282 e. The Bertz CT molecular complexity index is 1120. The SMILES string of the molecule is CC1=CC(c2cccc3ccccc23)=C2C=C(C)C(S(=O)(=O)O)=C12. The van der Waals surface area contributed by atoms with Crippen LogP contribution in [0, 0.1) is 0 Å². The predicted molar refractivity (Wildman–Crippen MR) is 97.0 cm³/mol. The van der Waals surface area contributed by atoms with Crippen LogP contribution in [0.2, 0.25) is 0 Å². The maximum atomic E-state index is 11.8. The van der Waals surface area contributed by atoms with Crippen LogP contribution >= 0.6 is 0 Å². The van der Waals surface area contributed by atoms with E-state index < -0.39 is 10.1 Å². The molecule has 0 saturated carbocycles. The molecule has 0 fully saturated rings. The molecule has 24 heavy (non-hydrogen) atoms. The van der Waals surface area contributed by atoms with Crippen LogP contribution in [0.15, 0.2) is 81.8 Å². The Morgan fingerprint density at radius 1 is 0.833 bits per heavy atom. The minimum atomic E-state index is -4.25. The molecule has 3 nitrogen and oxygen atoms in total. The molecule has 0 bridgehead atoms. The number of hydrogen-bond donors (Lipinski definition) is 1. The first kappa shape index (κ1) is 15.1. The molecule has 120 valence electrons. The van der Waals surface area contributed by atoms with Crippen molar-refractivity contribution in [1.82, 2.24) is 0 Å². The van der Waals surface area contributed by atoms with Gasteiger partial charge in [0.15, 0.2) is 0 Å². The number of rotatable bonds is 2. The first-order valence-electron chi connectivity index (χ1n) is 7.70.